The minimum atomic E-state index is -3.65. The van der Waals surface area contributed by atoms with E-state index in [-0.39, 0.29) is 18.0 Å². The predicted molar refractivity (Wildman–Crippen MR) is 79.6 cm³/mol. The molecule has 0 bridgehead atoms. The van der Waals surface area contributed by atoms with Crippen molar-refractivity contribution in [3.63, 3.8) is 0 Å². The standard InChI is InChI=1S/C14H16N4O2S/c1-18(11-14-16-9-10-17-14)21(19,20)13-7-3-2-5-12(13)6-4-8-15/h2-3,5,7,9-10H,8,11,15H2,1H3,(H,16,17). The zero-order valence-electron chi connectivity index (χ0n) is 11.6. The number of rotatable bonds is 4. The summed E-state index contributed by atoms with van der Waals surface area (Å²) in [6, 6.07) is 6.61. The number of nitrogens with two attached hydrogens (primary N) is 1. The molecule has 21 heavy (non-hydrogen) atoms. The van der Waals surface area contributed by atoms with Crippen LogP contribution in [0.4, 0.5) is 0 Å². The molecule has 0 aliphatic heterocycles. The molecule has 7 heteroatoms. The molecule has 1 aromatic carbocycles. The van der Waals surface area contributed by atoms with E-state index in [1.807, 2.05) is 0 Å². The van der Waals surface area contributed by atoms with Crippen LogP contribution in [0.3, 0.4) is 0 Å². The summed E-state index contributed by atoms with van der Waals surface area (Å²) in [4.78, 5) is 7.07. The zero-order chi connectivity index (χ0) is 15.3. The van der Waals surface area contributed by atoms with Gasteiger partial charge in [-0.05, 0) is 12.1 Å². The van der Waals surface area contributed by atoms with E-state index >= 15 is 0 Å². The number of nitrogens with one attached hydrogen (secondary N) is 1. The van der Waals surface area contributed by atoms with Crippen molar-refractivity contribution < 1.29 is 8.42 Å². The number of aromatic amines is 1. The van der Waals surface area contributed by atoms with Crippen molar-refractivity contribution in [1.82, 2.24) is 14.3 Å². The maximum atomic E-state index is 12.6. The second-order valence-electron chi connectivity index (χ2n) is 4.30. The van der Waals surface area contributed by atoms with E-state index in [2.05, 4.69) is 21.8 Å². The van der Waals surface area contributed by atoms with E-state index in [0.29, 0.717) is 11.4 Å². The second-order valence-corrected chi connectivity index (χ2v) is 6.31. The molecule has 1 heterocycles. The van der Waals surface area contributed by atoms with E-state index in [0.717, 1.165) is 0 Å². The van der Waals surface area contributed by atoms with Crippen LogP contribution in [0.5, 0.6) is 0 Å². The molecule has 110 valence electrons. The van der Waals surface area contributed by atoms with Crippen molar-refractivity contribution in [1.29, 1.82) is 0 Å². The van der Waals surface area contributed by atoms with Gasteiger partial charge in [0.2, 0.25) is 10.0 Å². The van der Waals surface area contributed by atoms with Gasteiger partial charge in [-0.2, -0.15) is 4.31 Å². The number of imidazole rings is 1. The van der Waals surface area contributed by atoms with Gasteiger partial charge < -0.3 is 10.7 Å². The quantitative estimate of drug-likeness (QED) is 0.806. The number of hydrogen-bond donors (Lipinski definition) is 2. The number of nitrogens with zero attached hydrogens (tertiary/aromatic N) is 2. The van der Waals surface area contributed by atoms with Gasteiger partial charge in [-0.1, -0.05) is 24.0 Å². The maximum Gasteiger partial charge on any atom is 0.244 e. The first kappa shape index (κ1) is 15.3. The van der Waals surface area contributed by atoms with Crippen molar-refractivity contribution in [2.45, 2.75) is 11.4 Å². The molecule has 2 rings (SSSR count). The molecule has 0 saturated carbocycles. The number of H-pyrrole nitrogens is 1. The van der Waals surface area contributed by atoms with Gasteiger partial charge in [0.1, 0.15) is 5.82 Å². The molecule has 0 saturated heterocycles. The third kappa shape index (κ3) is 3.49. The Hall–Kier alpha value is -2.14. The summed E-state index contributed by atoms with van der Waals surface area (Å²) < 4.78 is 26.5. The van der Waals surface area contributed by atoms with Gasteiger partial charge in [-0.3, -0.25) is 0 Å². The largest absolute Gasteiger partial charge is 0.347 e. The van der Waals surface area contributed by atoms with Crippen LogP contribution >= 0.6 is 0 Å². The van der Waals surface area contributed by atoms with Crippen LogP contribution in [-0.4, -0.2) is 36.3 Å². The summed E-state index contributed by atoms with van der Waals surface area (Å²) in [5.74, 6) is 6.04. The SMILES string of the molecule is CN(Cc1ncc[nH]1)S(=O)(=O)c1ccccc1C#CCN. The summed E-state index contributed by atoms with van der Waals surface area (Å²) in [6.45, 7) is 0.338. The molecule has 0 spiro atoms. The van der Waals surface area contributed by atoms with E-state index in [1.165, 1.54) is 17.4 Å². The van der Waals surface area contributed by atoms with E-state index in [9.17, 15) is 8.42 Å². The van der Waals surface area contributed by atoms with Crippen LogP contribution in [0.25, 0.3) is 0 Å². The molecular formula is C14H16N4O2S. The monoisotopic (exact) mass is 304 g/mol. The average Bonchev–Trinajstić information content (AvgIpc) is 2.98. The van der Waals surface area contributed by atoms with Crippen LogP contribution in [-0.2, 0) is 16.6 Å². The highest BCUT2D eigenvalue weighted by Gasteiger charge is 2.23. The van der Waals surface area contributed by atoms with E-state index in [4.69, 9.17) is 5.73 Å². The lowest BCUT2D eigenvalue weighted by atomic mass is 10.2. The summed E-state index contributed by atoms with van der Waals surface area (Å²) in [7, 11) is -2.14. The van der Waals surface area contributed by atoms with Crippen LogP contribution in [0.15, 0.2) is 41.6 Å². The lowest BCUT2D eigenvalue weighted by Gasteiger charge is -2.17. The Morgan fingerprint density at radius 1 is 1.38 bits per heavy atom. The molecule has 0 amide bonds. The Bertz CT molecular complexity index is 758. The van der Waals surface area contributed by atoms with Crippen molar-refractivity contribution in [2.24, 2.45) is 5.73 Å². The first-order valence-corrected chi connectivity index (χ1v) is 7.72. The summed E-state index contributed by atoms with van der Waals surface area (Å²) in [6.07, 6.45) is 3.23. The van der Waals surface area contributed by atoms with E-state index in [1.54, 1.807) is 30.6 Å². The molecule has 0 aliphatic carbocycles. The molecule has 6 nitrogen and oxygen atoms in total. The fourth-order valence-electron chi connectivity index (χ4n) is 1.79. The van der Waals surface area contributed by atoms with Crippen LogP contribution in [0.1, 0.15) is 11.4 Å². The topological polar surface area (TPSA) is 92.1 Å². The van der Waals surface area contributed by atoms with Gasteiger partial charge in [0.05, 0.1) is 18.0 Å². The molecule has 3 N–H and O–H groups in total. The minimum absolute atomic E-state index is 0.161. The average molecular weight is 304 g/mol. The highest BCUT2D eigenvalue weighted by atomic mass is 32.2. The molecule has 1 aromatic heterocycles. The van der Waals surface area contributed by atoms with Gasteiger partial charge >= 0.3 is 0 Å². The van der Waals surface area contributed by atoms with E-state index < -0.39 is 10.0 Å². The number of aromatic nitrogens is 2. The Morgan fingerprint density at radius 2 is 2.14 bits per heavy atom. The van der Waals surface area contributed by atoms with Gasteiger partial charge in [0.15, 0.2) is 0 Å². The minimum Gasteiger partial charge on any atom is -0.347 e. The number of benzene rings is 1. The molecule has 0 aliphatic rings. The van der Waals surface area contributed by atoms with Crippen LogP contribution in [0, 0.1) is 11.8 Å². The summed E-state index contributed by atoms with van der Waals surface area (Å²) in [5, 5.41) is 0. The first-order chi connectivity index (χ1) is 10.1. The molecule has 2 aromatic rings. The lowest BCUT2D eigenvalue weighted by Crippen LogP contribution is -2.27. The fraction of sp³-hybridized carbons (Fsp3) is 0.214. The van der Waals surface area contributed by atoms with Gasteiger partial charge in [-0.15, -0.1) is 0 Å². The predicted octanol–water partition coefficient (Wildman–Crippen LogP) is 0.541. The third-order valence-corrected chi connectivity index (χ3v) is 4.69. The third-order valence-electron chi connectivity index (χ3n) is 2.83. The van der Waals surface area contributed by atoms with Gasteiger partial charge in [0, 0.05) is 25.0 Å². The Kier molecular flexibility index (Phi) is 4.75. The second kappa shape index (κ2) is 6.54. The Morgan fingerprint density at radius 3 is 2.81 bits per heavy atom. The summed E-state index contributed by atoms with van der Waals surface area (Å²) >= 11 is 0. The highest BCUT2D eigenvalue weighted by Crippen LogP contribution is 2.19. The first-order valence-electron chi connectivity index (χ1n) is 6.28. The molecule has 0 fully saturated rings. The van der Waals surface area contributed by atoms with Gasteiger partial charge in [-0.25, -0.2) is 13.4 Å². The molecular weight excluding hydrogens is 288 g/mol. The van der Waals surface area contributed by atoms with Crippen molar-refractivity contribution in [2.75, 3.05) is 13.6 Å². The van der Waals surface area contributed by atoms with Crippen LogP contribution < -0.4 is 5.73 Å². The zero-order valence-corrected chi connectivity index (χ0v) is 12.4. The van der Waals surface area contributed by atoms with Gasteiger partial charge in [0.25, 0.3) is 0 Å². The molecule has 0 radical (unpaired) electrons. The molecule has 0 unspecified atom stereocenters. The normalized spacial score (nSPS) is 11.2. The Labute approximate surface area is 124 Å². The Balaban J connectivity index is 2.35. The molecule has 0 atom stereocenters. The lowest BCUT2D eigenvalue weighted by molar-refractivity contribution is 0.458. The van der Waals surface area contributed by atoms with Crippen molar-refractivity contribution in [3.8, 4) is 11.8 Å². The van der Waals surface area contributed by atoms with Crippen molar-refractivity contribution >= 4 is 10.0 Å². The maximum absolute atomic E-state index is 12.6. The fourth-order valence-corrected chi connectivity index (χ4v) is 3.06. The van der Waals surface area contributed by atoms with Crippen LogP contribution in [0.2, 0.25) is 0 Å². The van der Waals surface area contributed by atoms with Crippen molar-refractivity contribution in [3.05, 3.63) is 48.0 Å². The summed E-state index contributed by atoms with van der Waals surface area (Å²) in [5.41, 5.74) is 5.78. The smallest absolute Gasteiger partial charge is 0.244 e. The number of hydrogen-bond acceptors (Lipinski definition) is 4. The number of sulfonamides is 1. The highest BCUT2D eigenvalue weighted by molar-refractivity contribution is 7.89.